The molecular formula is C24H22N2O7S. The summed E-state index contributed by atoms with van der Waals surface area (Å²) in [6, 6.07) is 14.9. The SMILES string of the molecule is COc1cc(/C=C/C(=O)c2ccc(NS(=O)(=O)c3ccc(C)cc3)cc2)c([N+](=O)[O-])cc1OC. The van der Waals surface area contributed by atoms with Crippen molar-refractivity contribution in [1.29, 1.82) is 0 Å². The Morgan fingerprint density at radius 2 is 1.56 bits per heavy atom. The van der Waals surface area contributed by atoms with Gasteiger partial charge in [0.2, 0.25) is 0 Å². The van der Waals surface area contributed by atoms with Crippen LogP contribution >= 0.6 is 0 Å². The Balaban J connectivity index is 1.79. The van der Waals surface area contributed by atoms with Gasteiger partial charge < -0.3 is 9.47 Å². The minimum atomic E-state index is -3.77. The van der Waals surface area contributed by atoms with Crippen LogP contribution in [0.2, 0.25) is 0 Å². The van der Waals surface area contributed by atoms with Crippen LogP contribution in [0.3, 0.4) is 0 Å². The van der Waals surface area contributed by atoms with Crippen molar-refractivity contribution in [1.82, 2.24) is 0 Å². The van der Waals surface area contributed by atoms with E-state index >= 15 is 0 Å². The quantitative estimate of drug-likeness (QED) is 0.204. The zero-order valence-corrected chi connectivity index (χ0v) is 19.5. The first-order chi connectivity index (χ1) is 16.1. The van der Waals surface area contributed by atoms with Crippen LogP contribution < -0.4 is 14.2 Å². The summed E-state index contributed by atoms with van der Waals surface area (Å²) in [7, 11) is -1.00. The van der Waals surface area contributed by atoms with E-state index in [0.29, 0.717) is 0 Å². The molecule has 0 saturated carbocycles. The zero-order valence-electron chi connectivity index (χ0n) is 18.6. The second-order valence-electron chi connectivity index (χ2n) is 7.22. The number of ketones is 1. The highest BCUT2D eigenvalue weighted by molar-refractivity contribution is 7.92. The molecule has 10 heteroatoms. The smallest absolute Gasteiger partial charge is 0.280 e. The van der Waals surface area contributed by atoms with Gasteiger partial charge >= 0.3 is 0 Å². The lowest BCUT2D eigenvalue weighted by atomic mass is 10.1. The van der Waals surface area contributed by atoms with Crippen molar-refractivity contribution in [3.8, 4) is 11.5 Å². The van der Waals surface area contributed by atoms with Crippen molar-refractivity contribution >= 4 is 33.3 Å². The van der Waals surface area contributed by atoms with Gasteiger partial charge in [-0.1, -0.05) is 17.7 Å². The number of nitro groups is 1. The molecular weight excluding hydrogens is 460 g/mol. The fraction of sp³-hybridized carbons (Fsp3) is 0.125. The highest BCUT2D eigenvalue weighted by Crippen LogP contribution is 2.35. The van der Waals surface area contributed by atoms with Crippen molar-refractivity contribution in [3.05, 3.63) is 93.5 Å². The Labute approximate surface area is 196 Å². The van der Waals surface area contributed by atoms with Crippen molar-refractivity contribution in [3.63, 3.8) is 0 Å². The van der Waals surface area contributed by atoms with Crippen LogP contribution in [0.25, 0.3) is 6.08 Å². The normalized spacial score (nSPS) is 11.3. The number of rotatable bonds is 9. The lowest BCUT2D eigenvalue weighted by Gasteiger charge is -2.09. The Morgan fingerprint density at radius 3 is 2.12 bits per heavy atom. The molecule has 0 aliphatic rings. The van der Waals surface area contributed by atoms with Crippen LogP contribution in [0.1, 0.15) is 21.5 Å². The van der Waals surface area contributed by atoms with Crippen LogP contribution in [0, 0.1) is 17.0 Å². The van der Waals surface area contributed by atoms with Gasteiger partial charge in [0.15, 0.2) is 17.3 Å². The number of nitrogens with zero attached hydrogens (tertiary/aromatic N) is 1. The van der Waals surface area contributed by atoms with Gasteiger partial charge in [-0.2, -0.15) is 0 Å². The van der Waals surface area contributed by atoms with Gasteiger partial charge in [0.25, 0.3) is 15.7 Å². The number of hydrogen-bond acceptors (Lipinski definition) is 7. The average Bonchev–Trinajstić information content (AvgIpc) is 2.82. The molecule has 0 aliphatic carbocycles. The van der Waals surface area contributed by atoms with Gasteiger partial charge in [0, 0.05) is 11.3 Å². The Hall–Kier alpha value is -4.18. The molecule has 0 unspecified atom stereocenters. The van der Waals surface area contributed by atoms with Gasteiger partial charge in [0.1, 0.15) is 0 Å². The minimum Gasteiger partial charge on any atom is -0.493 e. The van der Waals surface area contributed by atoms with E-state index in [1.807, 2.05) is 6.92 Å². The first-order valence-corrected chi connectivity index (χ1v) is 11.5. The number of nitrogens with one attached hydrogen (secondary N) is 1. The van der Waals surface area contributed by atoms with Crippen LogP contribution in [-0.4, -0.2) is 33.3 Å². The third-order valence-corrected chi connectivity index (χ3v) is 6.29. The molecule has 0 amide bonds. The lowest BCUT2D eigenvalue weighted by Crippen LogP contribution is -2.13. The molecule has 0 fully saturated rings. The number of anilines is 1. The van der Waals surface area contributed by atoms with Crippen molar-refractivity contribution < 1.29 is 27.6 Å². The topological polar surface area (TPSA) is 125 Å². The number of allylic oxidation sites excluding steroid dienone is 1. The Bertz CT molecular complexity index is 1350. The van der Waals surface area contributed by atoms with Crippen LogP contribution in [0.5, 0.6) is 11.5 Å². The number of hydrogen-bond donors (Lipinski definition) is 1. The maximum atomic E-state index is 12.6. The number of sulfonamides is 1. The van der Waals surface area contributed by atoms with Crippen molar-refractivity contribution in [2.75, 3.05) is 18.9 Å². The zero-order chi connectivity index (χ0) is 24.9. The first kappa shape index (κ1) is 24.5. The predicted octanol–water partition coefficient (Wildman–Crippen LogP) is 4.62. The van der Waals surface area contributed by atoms with Crippen molar-refractivity contribution in [2.24, 2.45) is 0 Å². The maximum Gasteiger partial charge on any atom is 0.280 e. The van der Waals surface area contributed by atoms with Crippen LogP contribution in [-0.2, 0) is 10.0 Å². The number of ether oxygens (including phenoxy) is 2. The molecule has 3 aromatic rings. The maximum absolute atomic E-state index is 12.6. The number of benzene rings is 3. The van der Waals surface area contributed by atoms with Crippen LogP contribution in [0.4, 0.5) is 11.4 Å². The van der Waals surface area contributed by atoms with Gasteiger partial charge in [-0.05, 0) is 61.5 Å². The van der Waals surface area contributed by atoms with Gasteiger partial charge in [-0.3, -0.25) is 19.6 Å². The standard InChI is InChI=1S/C24H22N2O7S/c1-16-4-11-20(12-5-16)34(30,31)25-19-9-6-17(7-10-19)22(27)13-8-18-14-23(32-2)24(33-3)15-21(18)26(28)29/h4-15,25H,1-3H3/b13-8+. The summed E-state index contributed by atoms with van der Waals surface area (Å²) in [6.07, 6.45) is 2.51. The summed E-state index contributed by atoms with van der Waals surface area (Å²) in [4.78, 5) is 23.5. The van der Waals surface area contributed by atoms with Gasteiger partial charge in [-0.15, -0.1) is 0 Å². The fourth-order valence-electron chi connectivity index (χ4n) is 3.07. The average molecular weight is 483 g/mol. The molecule has 176 valence electrons. The number of nitro benzene ring substituents is 1. The molecule has 0 radical (unpaired) electrons. The molecule has 3 rings (SSSR count). The summed E-state index contributed by atoms with van der Waals surface area (Å²) < 4.78 is 37.7. The van der Waals surface area contributed by atoms with E-state index in [-0.39, 0.29) is 38.9 Å². The van der Waals surface area contributed by atoms with E-state index in [1.165, 1.54) is 74.9 Å². The van der Waals surface area contributed by atoms with E-state index in [2.05, 4.69) is 4.72 Å². The molecule has 0 spiro atoms. The summed E-state index contributed by atoms with van der Waals surface area (Å²) in [5.41, 5.74) is 1.42. The molecule has 0 bridgehead atoms. The second kappa shape index (κ2) is 10.2. The highest BCUT2D eigenvalue weighted by Gasteiger charge is 2.18. The van der Waals surface area contributed by atoms with E-state index in [9.17, 15) is 23.3 Å². The number of methoxy groups -OCH3 is 2. The number of carbonyl (C=O) groups is 1. The molecule has 0 heterocycles. The largest absolute Gasteiger partial charge is 0.493 e. The molecule has 0 aliphatic heterocycles. The summed E-state index contributed by atoms with van der Waals surface area (Å²) in [5, 5.41) is 11.4. The third-order valence-electron chi connectivity index (χ3n) is 4.90. The van der Waals surface area contributed by atoms with Crippen molar-refractivity contribution in [2.45, 2.75) is 11.8 Å². The molecule has 1 N–H and O–H groups in total. The molecule has 0 aromatic heterocycles. The minimum absolute atomic E-state index is 0.123. The molecule has 0 atom stereocenters. The predicted molar refractivity (Wildman–Crippen MR) is 128 cm³/mol. The Kier molecular flexibility index (Phi) is 7.32. The summed E-state index contributed by atoms with van der Waals surface area (Å²) in [6.45, 7) is 1.86. The second-order valence-corrected chi connectivity index (χ2v) is 8.90. The van der Waals surface area contributed by atoms with E-state index in [0.717, 1.165) is 5.56 Å². The third kappa shape index (κ3) is 5.59. The highest BCUT2D eigenvalue weighted by atomic mass is 32.2. The number of carbonyl (C=O) groups excluding carboxylic acids is 1. The van der Waals surface area contributed by atoms with Gasteiger partial charge in [-0.25, -0.2) is 8.42 Å². The fourth-order valence-corrected chi connectivity index (χ4v) is 4.13. The molecule has 3 aromatic carbocycles. The molecule has 0 saturated heterocycles. The first-order valence-electron chi connectivity index (χ1n) is 9.97. The lowest BCUT2D eigenvalue weighted by molar-refractivity contribution is -0.385. The van der Waals surface area contributed by atoms with Gasteiger partial charge in [0.05, 0.1) is 35.7 Å². The molecule has 9 nitrogen and oxygen atoms in total. The summed E-state index contributed by atoms with van der Waals surface area (Å²) in [5.74, 6) is 0.0591. The van der Waals surface area contributed by atoms with Crippen LogP contribution in [0.15, 0.2) is 71.6 Å². The summed E-state index contributed by atoms with van der Waals surface area (Å²) >= 11 is 0. The van der Waals surface area contributed by atoms with E-state index in [1.54, 1.807) is 12.1 Å². The molecule has 34 heavy (non-hydrogen) atoms. The Morgan fingerprint density at radius 1 is 0.971 bits per heavy atom. The van der Waals surface area contributed by atoms with E-state index in [4.69, 9.17) is 9.47 Å². The number of aryl methyl sites for hydroxylation is 1. The van der Waals surface area contributed by atoms with E-state index < -0.39 is 20.7 Å². The monoisotopic (exact) mass is 482 g/mol.